The number of carbonyl (C=O) groups excluding carboxylic acids is 1. The Labute approximate surface area is 268 Å². The van der Waals surface area contributed by atoms with E-state index in [9.17, 15) is 4.79 Å². The van der Waals surface area contributed by atoms with Crippen molar-refractivity contribution in [3.8, 4) is 17.2 Å². The van der Waals surface area contributed by atoms with Gasteiger partial charge in [-0.15, -0.1) is 4.99 Å². The average Bonchev–Trinajstić information content (AvgIpc) is 3.05. The molecular formula is C36H51N3O6. The van der Waals surface area contributed by atoms with Gasteiger partial charge in [0.2, 0.25) is 0 Å². The second-order valence-corrected chi connectivity index (χ2v) is 11.5. The first-order valence-electron chi connectivity index (χ1n) is 15.9. The van der Waals surface area contributed by atoms with Crippen LogP contribution in [0.25, 0.3) is 0 Å². The van der Waals surface area contributed by atoms with Crippen LogP contribution < -0.4 is 30.3 Å². The van der Waals surface area contributed by atoms with Crippen LogP contribution in [0.15, 0.2) is 72.8 Å². The van der Waals surface area contributed by atoms with Crippen molar-refractivity contribution < 1.29 is 28.9 Å². The fourth-order valence-corrected chi connectivity index (χ4v) is 4.79. The van der Waals surface area contributed by atoms with E-state index in [2.05, 4.69) is 54.2 Å². The second-order valence-electron chi connectivity index (χ2n) is 11.5. The third-order valence-corrected chi connectivity index (χ3v) is 7.19. The third kappa shape index (κ3) is 14.8. The Morgan fingerprint density at radius 1 is 0.800 bits per heavy atom. The van der Waals surface area contributed by atoms with Crippen molar-refractivity contribution in [3.05, 3.63) is 89.5 Å². The van der Waals surface area contributed by atoms with Crippen LogP contribution in [0, 0.1) is 5.92 Å². The number of hydrogen-bond acceptors (Lipinski definition) is 8. The zero-order valence-corrected chi connectivity index (χ0v) is 27.3. The molecule has 0 saturated carbocycles. The molecule has 0 aliphatic carbocycles. The molecule has 0 spiro atoms. The monoisotopic (exact) mass is 621 g/mol. The maximum Gasteiger partial charge on any atom is 0.257 e. The van der Waals surface area contributed by atoms with Gasteiger partial charge in [0, 0.05) is 12.6 Å². The summed E-state index contributed by atoms with van der Waals surface area (Å²) in [7, 11) is 3.28. The molecule has 246 valence electrons. The molecule has 3 aromatic carbocycles. The van der Waals surface area contributed by atoms with Crippen LogP contribution in [0.1, 0.15) is 49.8 Å². The molecule has 0 saturated heterocycles. The lowest BCUT2D eigenvalue weighted by Gasteiger charge is -2.18. The number of nitrogens with one attached hydrogen (secondary N) is 3. The highest BCUT2D eigenvalue weighted by atomic mass is 17.3. The van der Waals surface area contributed by atoms with E-state index in [1.54, 1.807) is 14.2 Å². The van der Waals surface area contributed by atoms with E-state index < -0.39 is 0 Å². The van der Waals surface area contributed by atoms with E-state index >= 15 is 0 Å². The van der Waals surface area contributed by atoms with E-state index in [1.807, 2.05) is 48.5 Å². The van der Waals surface area contributed by atoms with Crippen LogP contribution in [0.4, 0.5) is 0 Å². The van der Waals surface area contributed by atoms with Gasteiger partial charge in [-0.05, 0) is 98.5 Å². The highest BCUT2D eigenvalue weighted by Gasteiger charge is 2.11. The third-order valence-electron chi connectivity index (χ3n) is 7.19. The summed E-state index contributed by atoms with van der Waals surface area (Å²) in [6.07, 6.45) is 5.15. The molecule has 0 aromatic heterocycles. The van der Waals surface area contributed by atoms with Crippen molar-refractivity contribution in [1.82, 2.24) is 16.1 Å². The van der Waals surface area contributed by atoms with Gasteiger partial charge in [-0.2, -0.15) is 5.48 Å². The predicted octanol–water partition coefficient (Wildman–Crippen LogP) is 5.46. The van der Waals surface area contributed by atoms with Gasteiger partial charge in [-0.25, -0.2) is 4.89 Å². The highest BCUT2D eigenvalue weighted by Crippen LogP contribution is 2.28. The molecule has 0 aliphatic heterocycles. The van der Waals surface area contributed by atoms with Gasteiger partial charge in [-0.1, -0.05) is 62.4 Å². The lowest BCUT2D eigenvalue weighted by molar-refractivity contribution is -0.342. The first-order chi connectivity index (χ1) is 22.0. The number of carbonyl (C=O) groups is 1. The maximum absolute atomic E-state index is 12.3. The number of amides is 1. The Kier molecular flexibility index (Phi) is 16.9. The zero-order chi connectivity index (χ0) is 32.1. The summed E-state index contributed by atoms with van der Waals surface area (Å²) in [5.41, 5.74) is 6.65. The van der Waals surface area contributed by atoms with Crippen molar-refractivity contribution in [1.29, 1.82) is 0 Å². The van der Waals surface area contributed by atoms with Crippen LogP contribution >= 0.6 is 0 Å². The molecule has 1 amide bonds. The smallest absolute Gasteiger partial charge is 0.257 e. The van der Waals surface area contributed by atoms with Crippen LogP contribution in [0.3, 0.4) is 0 Å². The standard InChI is InChI=1S/C36H51N3O6/c1-28(2)26-37-21-19-32(23-29-11-6-5-7-12-29)39-45-44-22-10-20-38-36(40)27-43-33-16-9-15-30(24-33)13-8-14-31-17-18-34(41-3)35(25-31)42-4/h5-7,9,11-12,15-18,24-25,28,32,37,39H,8,10,13-14,19-23,26-27H2,1-4H3,(H,38,40)/t32-/m1/s1. The summed E-state index contributed by atoms with van der Waals surface area (Å²) in [5.74, 6) is 2.59. The number of ether oxygens (including phenoxy) is 3. The minimum atomic E-state index is -0.176. The quantitative estimate of drug-likeness (QED) is 0.0729. The van der Waals surface area contributed by atoms with Gasteiger partial charge >= 0.3 is 0 Å². The SMILES string of the molecule is COc1ccc(CCCc2cccc(OCC(=O)NCCCOON[C@H](CCNCC(C)C)Cc3ccccc3)c2)cc1OC. The topological polar surface area (TPSA) is 99.3 Å². The van der Waals surface area contributed by atoms with Crippen molar-refractivity contribution in [2.24, 2.45) is 5.92 Å². The highest BCUT2D eigenvalue weighted by molar-refractivity contribution is 5.77. The molecule has 3 rings (SSSR count). The number of rotatable bonds is 23. The molecule has 0 unspecified atom stereocenters. The van der Waals surface area contributed by atoms with Crippen molar-refractivity contribution in [2.45, 2.75) is 58.4 Å². The molecule has 0 aliphatic rings. The molecular weight excluding hydrogens is 570 g/mol. The number of hydroxylamine groups is 1. The molecule has 0 heterocycles. The molecule has 1 atom stereocenters. The number of benzene rings is 3. The summed E-state index contributed by atoms with van der Waals surface area (Å²) in [4.78, 5) is 22.9. The largest absolute Gasteiger partial charge is 0.493 e. The molecule has 3 N–H and O–H groups in total. The van der Waals surface area contributed by atoms with Crippen LogP contribution in [-0.4, -0.2) is 59.0 Å². The Balaban J connectivity index is 1.27. The van der Waals surface area contributed by atoms with Gasteiger partial charge in [0.05, 0.1) is 20.8 Å². The number of hydrogen-bond donors (Lipinski definition) is 3. The molecule has 45 heavy (non-hydrogen) atoms. The molecule has 0 bridgehead atoms. The lowest BCUT2D eigenvalue weighted by Crippen LogP contribution is -2.35. The second kappa shape index (κ2) is 21.2. The summed E-state index contributed by atoms with van der Waals surface area (Å²) < 4.78 is 16.5. The zero-order valence-electron chi connectivity index (χ0n) is 27.3. The minimum absolute atomic E-state index is 0.0416. The van der Waals surface area contributed by atoms with Crippen molar-refractivity contribution >= 4 is 5.91 Å². The lowest BCUT2D eigenvalue weighted by atomic mass is 10.0. The van der Waals surface area contributed by atoms with Gasteiger partial charge in [0.15, 0.2) is 18.1 Å². The summed E-state index contributed by atoms with van der Waals surface area (Å²) in [5, 5.41) is 6.35. The predicted molar refractivity (Wildman–Crippen MR) is 178 cm³/mol. The van der Waals surface area contributed by atoms with E-state index in [4.69, 9.17) is 24.1 Å². The first-order valence-corrected chi connectivity index (χ1v) is 15.9. The molecule has 0 fully saturated rings. The Morgan fingerprint density at radius 3 is 2.31 bits per heavy atom. The van der Waals surface area contributed by atoms with Crippen LogP contribution in [-0.2, 0) is 33.9 Å². The van der Waals surface area contributed by atoms with E-state index in [1.165, 1.54) is 11.1 Å². The van der Waals surface area contributed by atoms with Gasteiger partial charge < -0.3 is 24.8 Å². The molecule has 9 heteroatoms. The molecule has 3 aromatic rings. The average molecular weight is 622 g/mol. The minimum Gasteiger partial charge on any atom is -0.493 e. The Bertz CT molecular complexity index is 1240. The number of methoxy groups -OCH3 is 2. The van der Waals surface area contributed by atoms with E-state index in [-0.39, 0.29) is 18.6 Å². The van der Waals surface area contributed by atoms with Crippen LogP contribution in [0.2, 0.25) is 0 Å². The summed E-state index contributed by atoms with van der Waals surface area (Å²) >= 11 is 0. The van der Waals surface area contributed by atoms with E-state index in [0.717, 1.165) is 62.3 Å². The number of aryl methyl sites for hydroxylation is 2. The van der Waals surface area contributed by atoms with Gasteiger partial charge in [0.1, 0.15) is 5.75 Å². The molecule has 9 nitrogen and oxygen atoms in total. The Morgan fingerprint density at radius 2 is 1.56 bits per heavy atom. The van der Waals surface area contributed by atoms with Gasteiger partial charge in [-0.3, -0.25) is 4.79 Å². The summed E-state index contributed by atoms with van der Waals surface area (Å²) in [6, 6.07) is 24.4. The fraction of sp³-hybridized carbons (Fsp3) is 0.472. The normalized spacial score (nSPS) is 11.8. The van der Waals surface area contributed by atoms with E-state index in [0.29, 0.717) is 31.2 Å². The summed E-state index contributed by atoms with van der Waals surface area (Å²) in [6.45, 7) is 7.05. The molecule has 0 radical (unpaired) electrons. The van der Waals surface area contributed by atoms with Gasteiger partial charge in [0.25, 0.3) is 5.91 Å². The maximum atomic E-state index is 12.3. The van der Waals surface area contributed by atoms with Crippen molar-refractivity contribution in [3.63, 3.8) is 0 Å². The van der Waals surface area contributed by atoms with Crippen LogP contribution in [0.5, 0.6) is 17.2 Å². The Hall–Kier alpha value is -3.63. The first kappa shape index (κ1) is 35.8. The fourth-order valence-electron chi connectivity index (χ4n) is 4.79. The van der Waals surface area contributed by atoms with Crippen molar-refractivity contribution in [2.75, 3.05) is 47.1 Å².